The average molecular weight is 328 g/mol. The van der Waals surface area contributed by atoms with Gasteiger partial charge in [0, 0.05) is 0 Å². The van der Waals surface area contributed by atoms with Gasteiger partial charge in [0.2, 0.25) is 0 Å². The lowest BCUT2D eigenvalue weighted by Gasteiger charge is -2.40. The lowest BCUT2D eigenvalue weighted by Crippen LogP contribution is -2.54. The first kappa shape index (κ1) is 15.8. The Kier molecular flexibility index (Phi) is 4.33. The molecule has 0 atom stereocenters. The molecule has 124 valence electrons. The van der Waals surface area contributed by atoms with E-state index in [0.29, 0.717) is 18.8 Å². The number of rotatable bonds is 5. The van der Waals surface area contributed by atoms with Crippen LogP contribution in [0.25, 0.3) is 0 Å². The number of hydrogen-bond donors (Lipinski definition) is 0. The predicted molar refractivity (Wildman–Crippen MR) is 87.5 cm³/mol. The van der Waals surface area contributed by atoms with E-state index in [0.717, 1.165) is 5.75 Å². The summed E-state index contributed by atoms with van der Waals surface area (Å²) < 4.78 is 10.4. The monoisotopic (exact) mass is 328 g/mol. The zero-order chi connectivity index (χ0) is 17.1. The molecule has 0 spiro atoms. The maximum atomic E-state index is 11.8. The molecule has 7 nitrogen and oxygen atoms in total. The van der Waals surface area contributed by atoms with E-state index in [-0.39, 0.29) is 17.4 Å². The van der Waals surface area contributed by atoms with E-state index in [4.69, 9.17) is 4.74 Å². The smallest absolute Gasteiger partial charge is 0.344 e. The van der Waals surface area contributed by atoms with Crippen LogP contribution in [0.3, 0.4) is 0 Å². The molecule has 1 aliphatic rings. The SMILES string of the molecule is COC(=O)c1cccc(N2CC(Oc3ccccc3)C2)c1[N+](=O)[O-]. The van der Waals surface area contributed by atoms with Gasteiger partial charge in [-0.2, -0.15) is 0 Å². The highest BCUT2D eigenvalue weighted by Gasteiger charge is 2.35. The van der Waals surface area contributed by atoms with Crippen LogP contribution in [0.15, 0.2) is 48.5 Å². The Morgan fingerprint density at radius 1 is 1.17 bits per heavy atom. The molecule has 0 amide bonds. The average Bonchev–Trinajstić information content (AvgIpc) is 2.57. The van der Waals surface area contributed by atoms with Crippen molar-refractivity contribution in [2.45, 2.75) is 6.10 Å². The number of esters is 1. The van der Waals surface area contributed by atoms with Crippen LogP contribution in [0.2, 0.25) is 0 Å². The van der Waals surface area contributed by atoms with Gasteiger partial charge in [-0.3, -0.25) is 10.1 Å². The van der Waals surface area contributed by atoms with E-state index in [1.807, 2.05) is 35.2 Å². The predicted octanol–water partition coefficient (Wildman–Crippen LogP) is 2.65. The van der Waals surface area contributed by atoms with Crippen LogP contribution in [0.4, 0.5) is 11.4 Å². The minimum Gasteiger partial charge on any atom is -0.487 e. The summed E-state index contributed by atoms with van der Waals surface area (Å²) in [4.78, 5) is 24.4. The van der Waals surface area contributed by atoms with E-state index in [1.165, 1.54) is 13.2 Å². The van der Waals surface area contributed by atoms with Gasteiger partial charge in [0.15, 0.2) is 0 Å². The lowest BCUT2D eigenvalue weighted by atomic mass is 10.1. The molecule has 0 saturated carbocycles. The zero-order valence-corrected chi connectivity index (χ0v) is 13.0. The number of para-hydroxylation sites is 2. The Morgan fingerprint density at radius 2 is 1.88 bits per heavy atom. The summed E-state index contributed by atoms with van der Waals surface area (Å²) in [5.41, 5.74) is 0.116. The van der Waals surface area contributed by atoms with Gasteiger partial charge >= 0.3 is 11.7 Å². The van der Waals surface area contributed by atoms with Gasteiger partial charge in [-0.25, -0.2) is 4.79 Å². The highest BCUT2D eigenvalue weighted by molar-refractivity contribution is 5.97. The molecular formula is C17H16N2O5. The first-order chi connectivity index (χ1) is 11.6. The van der Waals surface area contributed by atoms with Crippen molar-refractivity contribution in [3.05, 3.63) is 64.2 Å². The molecule has 7 heteroatoms. The normalized spacial score (nSPS) is 14.0. The Bertz CT molecular complexity index is 757. The number of anilines is 1. The third-order valence-electron chi connectivity index (χ3n) is 3.84. The molecule has 24 heavy (non-hydrogen) atoms. The van der Waals surface area contributed by atoms with Crippen molar-refractivity contribution in [2.75, 3.05) is 25.1 Å². The van der Waals surface area contributed by atoms with Gasteiger partial charge in [0.1, 0.15) is 23.1 Å². The summed E-state index contributed by atoms with van der Waals surface area (Å²) in [6.07, 6.45) is -0.0474. The van der Waals surface area contributed by atoms with Gasteiger partial charge in [-0.15, -0.1) is 0 Å². The molecule has 1 aliphatic heterocycles. The number of nitro groups is 1. The summed E-state index contributed by atoms with van der Waals surface area (Å²) >= 11 is 0. The second kappa shape index (κ2) is 6.57. The fourth-order valence-corrected chi connectivity index (χ4v) is 2.65. The van der Waals surface area contributed by atoms with Crippen molar-refractivity contribution >= 4 is 17.3 Å². The van der Waals surface area contributed by atoms with Crippen LogP contribution in [0.5, 0.6) is 5.75 Å². The van der Waals surface area contributed by atoms with Crippen LogP contribution >= 0.6 is 0 Å². The van der Waals surface area contributed by atoms with Gasteiger partial charge in [-0.05, 0) is 24.3 Å². The maximum Gasteiger partial charge on any atom is 0.344 e. The Morgan fingerprint density at radius 3 is 2.50 bits per heavy atom. The highest BCUT2D eigenvalue weighted by Crippen LogP contribution is 2.35. The summed E-state index contributed by atoms with van der Waals surface area (Å²) in [6.45, 7) is 1.03. The second-order valence-electron chi connectivity index (χ2n) is 5.38. The molecule has 0 aromatic heterocycles. The second-order valence-corrected chi connectivity index (χ2v) is 5.38. The fourth-order valence-electron chi connectivity index (χ4n) is 2.65. The molecular weight excluding hydrogens is 312 g/mol. The summed E-state index contributed by atoms with van der Waals surface area (Å²) in [7, 11) is 1.20. The Hall–Kier alpha value is -3.09. The molecule has 0 radical (unpaired) electrons. The fraction of sp³-hybridized carbons (Fsp3) is 0.235. The van der Waals surface area contributed by atoms with Crippen molar-refractivity contribution in [1.29, 1.82) is 0 Å². The van der Waals surface area contributed by atoms with Crippen LogP contribution < -0.4 is 9.64 Å². The molecule has 3 rings (SSSR count). The quantitative estimate of drug-likeness (QED) is 0.477. The van der Waals surface area contributed by atoms with Crippen LogP contribution in [-0.2, 0) is 4.74 Å². The number of methoxy groups -OCH3 is 1. The highest BCUT2D eigenvalue weighted by atomic mass is 16.6. The Balaban J connectivity index is 1.77. The molecule has 1 fully saturated rings. The molecule has 2 aromatic carbocycles. The topological polar surface area (TPSA) is 81.9 Å². The van der Waals surface area contributed by atoms with E-state index in [9.17, 15) is 14.9 Å². The Labute approximate surface area is 138 Å². The van der Waals surface area contributed by atoms with Crippen LogP contribution in [-0.4, -0.2) is 37.2 Å². The first-order valence-electron chi connectivity index (χ1n) is 7.42. The molecule has 0 aliphatic carbocycles. The molecule has 1 saturated heterocycles. The summed E-state index contributed by atoms with van der Waals surface area (Å²) in [5.74, 6) is 0.0427. The number of nitro benzene ring substituents is 1. The van der Waals surface area contributed by atoms with Crippen LogP contribution in [0, 0.1) is 10.1 Å². The van der Waals surface area contributed by atoms with Gasteiger partial charge < -0.3 is 14.4 Å². The zero-order valence-electron chi connectivity index (χ0n) is 13.0. The molecule has 0 bridgehead atoms. The van der Waals surface area contributed by atoms with E-state index >= 15 is 0 Å². The summed E-state index contributed by atoms with van der Waals surface area (Å²) in [6, 6.07) is 14.0. The van der Waals surface area contributed by atoms with Crippen molar-refractivity contribution < 1.29 is 19.2 Å². The molecule has 1 heterocycles. The maximum absolute atomic E-state index is 11.8. The number of hydrogen-bond acceptors (Lipinski definition) is 6. The molecule has 0 unspecified atom stereocenters. The number of carbonyl (C=O) groups excluding carboxylic acids is 1. The van der Waals surface area contributed by atoms with Crippen molar-refractivity contribution in [1.82, 2.24) is 0 Å². The van der Waals surface area contributed by atoms with Crippen LogP contribution in [0.1, 0.15) is 10.4 Å². The van der Waals surface area contributed by atoms with E-state index in [2.05, 4.69) is 4.74 Å². The number of carbonyl (C=O) groups is 1. The summed E-state index contributed by atoms with van der Waals surface area (Å²) in [5, 5.41) is 11.4. The molecule has 0 N–H and O–H groups in total. The molecule has 2 aromatic rings. The minimum atomic E-state index is -0.721. The first-order valence-corrected chi connectivity index (χ1v) is 7.42. The van der Waals surface area contributed by atoms with Gasteiger partial charge in [0.25, 0.3) is 0 Å². The van der Waals surface area contributed by atoms with Crippen molar-refractivity contribution in [2.24, 2.45) is 0 Å². The third-order valence-corrected chi connectivity index (χ3v) is 3.84. The van der Waals surface area contributed by atoms with Crippen molar-refractivity contribution in [3.63, 3.8) is 0 Å². The van der Waals surface area contributed by atoms with Gasteiger partial charge in [-0.1, -0.05) is 24.3 Å². The van der Waals surface area contributed by atoms with E-state index in [1.54, 1.807) is 12.1 Å². The third kappa shape index (κ3) is 3.01. The van der Waals surface area contributed by atoms with Crippen molar-refractivity contribution in [3.8, 4) is 5.75 Å². The van der Waals surface area contributed by atoms with E-state index < -0.39 is 10.9 Å². The largest absolute Gasteiger partial charge is 0.487 e. The standard InChI is InChI=1S/C17H16N2O5/c1-23-17(20)14-8-5-9-15(16(14)19(21)22)18-10-13(11-18)24-12-6-3-2-4-7-12/h2-9,13H,10-11H2,1H3. The number of nitrogens with zero attached hydrogens (tertiary/aromatic N) is 2. The number of ether oxygens (including phenoxy) is 2. The number of benzene rings is 2. The van der Waals surface area contributed by atoms with Gasteiger partial charge in [0.05, 0.1) is 25.1 Å². The lowest BCUT2D eigenvalue weighted by molar-refractivity contribution is -0.384. The minimum absolute atomic E-state index is 0.0474.